The van der Waals surface area contributed by atoms with Gasteiger partial charge in [-0.2, -0.15) is 18.3 Å². The summed E-state index contributed by atoms with van der Waals surface area (Å²) >= 11 is 11.9. The normalized spacial score (nSPS) is 23.8. The molecule has 2 aromatic heterocycles. The number of fused-ring (bicyclic) bond motifs is 1. The van der Waals surface area contributed by atoms with Crippen LogP contribution >= 0.6 is 23.2 Å². The number of aryl methyl sites for hydroxylation is 1. The molecule has 3 atom stereocenters. The van der Waals surface area contributed by atoms with Crippen LogP contribution in [0.2, 0.25) is 10.0 Å². The topological polar surface area (TPSA) is 73.0 Å². The second kappa shape index (κ2) is 8.09. The minimum Gasteiger partial charge on any atom is -0.338 e. The molecule has 1 saturated heterocycles. The van der Waals surface area contributed by atoms with Crippen LogP contribution in [0.25, 0.3) is 0 Å². The molecule has 2 aromatic rings. The Morgan fingerprint density at radius 1 is 1.26 bits per heavy atom. The standard InChI is InChI=1S/C18H17Cl2F4N5O2/c19-9-5-12(20)13(25-6-9)8-28-17(31)29-14(26-28)2-1-11(18(22,23)24)15(29)16(30)27-4-3-10(21)7-27/h5-6,10-11,15H,1-4,7-8H2/t10-,11+,15+/m0/s1. The number of halogens is 6. The number of hydrogen-bond acceptors (Lipinski definition) is 4. The van der Waals surface area contributed by atoms with Crippen LogP contribution < -0.4 is 5.69 Å². The molecule has 0 N–H and O–H groups in total. The SMILES string of the molecule is O=C([C@H]1[C@H](C(F)(F)F)CCc2nn(Cc3ncc(Cl)cc3Cl)c(=O)n21)N1CC[C@H](F)C1. The molecule has 0 unspecified atom stereocenters. The first-order valence-corrected chi connectivity index (χ1v) is 10.3. The molecule has 0 aromatic carbocycles. The molecule has 0 saturated carbocycles. The van der Waals surface area contributed by atoms with E-state index in [2.05, 4.69) is 10.1 Å². The smallest absolute Gasteiger partial charge is 0.338 e. The number of likely N-dealkylation sites (tertiary alicyclic amines) is 1. The summed E-state index contributed by atoms with van der Waals surface area (Å²) in [6.45, 7) is -0.491. The van der Waals surface area contributed by atoms with E-state index in [1.807, 2.05) is 0 Å². The lowest BCUT2D eigenvalue weighted by molar-refractivity contribution is -0.196. The van der Waals surface area contributed by atoms with Crippen LogP contribution in [0.1, 0.15) is 30.4 Å². The van der Waals surface area contributed by atoms with Crippen molar-refractivity contribution < 1.29 is 22.4 Å². The molecule has 0 spiro atoms. The van der Waals surface area contributed by atoms with Gasteiger partial charge in [-0.15, -0.1) is 0 Å². The molecule has 0 radical (unpaired) electrons. The van der Waals surface area contributed by atoms with Crippen molar-refractivity contribution in [3.8, 4) is 0 Å². The van der Waals surface area contributed by atoms with Crippen LogP contribution in [0.4, 0.5) is 17.6 Å². The van der Waals surface area contributed by atoms with Gasteiger partial charge in [0.15, 0.2) is 0 Å². The summed E-state index contributed by atoms with van der Waals surface area (Å²) in [4.78, 5) is 31.1. The van der Waals surface area contributed by atoms with E-state index in [-0.39, 0.29) is 54.0 Å². The molecule has 13 heteroatoms. The molecule has 0 bridgehead atoms. The lowest BCUT2D eigenvalue weighted by Gasteiger charge is -2.34. The lowest BCUT2D eigenvalue weighted by Crippen LogP contribution is -2.49. The van der Waals surface area contributed by atoms with E-state index in [0.717, 1.165) is 14.1 Å². The van der Waals surface area contributed by atoms with Gasteiger partial charge in [0.25, 0.3) is 0 Å². The van der Waals surface area contributed by atoms with E-state index in [1.165, 1.54) is 12.3 Å². The molecule has 4 rings (SSSR count). The molecule has 1 amide bonds. The first kappa shape index (κ1) is 22.1. The fourth-order valence-electron chi connectivity index (χ4n) is 4.07. The Morgan fingerprint density at radius 3 is 2.61 bits per heavy atom. The Morgan fingerprint density at radius 2 is 2.00 bits per heavy atom. The number of pyridine rings is 1. The van der Waals surface area contributed by atoms with Crippen molar-refractivity contribution in [1.29, 1.82) is 0 Å². The van der Waals surface area contributed by atoms with Gasteiger partial charge in [0, 0.05) is 19.2 Å². The van der Waals surface area contributed by atoms with Gasteiger partial charge in [-0.05, 0) is 18.9 Å². The summed E-state index contributed by atoms with van der Waals surface area (Å²) in [5, 5.41) is 4.57. The summed E-state index contributed by atoms with van der Waals surface area (Å²) in [6.07, 6.45) is -5.18. The van der Waals surface area contributed by atoms with Crippen molar-refractivity contribution in [1.82, 2.24) is 24.2 Å². The van der Waals surface area contributed by atoms with Crippen LogP contribution in [0.3, 0.4) is 0 Å². The first-order chi connectivity index (χ1) is 14.6. The Balaban J connectivity index is 1.74. The molecule has 0 aliphatic carbocycles. The molecule has 1 fully saturated rings. The van der Waals surface area contributed by atoms with Gasteiger partial charge >= 0.3 is 11.9 Å². The second-order valence-corrected chi connectivity index (χ2v) is 8.45. The number of aromatic nitrogens is 4. The molecule has 4 heterocycles. The average molecular weight is 482 g/mol. The monoisotopic (exact) mass is 481 g/mol. The molecule has 168 valence electrons. The maximum absolute atomic E-state index is 13.8. The maximum atomic E-state index is 13.8. The van der Waals surface area contributed by atoms with Gasteiger partial charge in [-0.1, -0.05) is 23.2 Å². The van der Waals surface area contributed by atoms with Crippen LogP contribution in [-0.4, -0.2) is 55.6 Å². The van der Waals surface area contributed by atoms with E-state index < -0.39 is 42.3 Å². The Kier molecular flexibility index (Phi) is 5.76. The zero-order chi connectivity index (χ0) is 22.5. The summed E-state index contributed by atoms with van der Waals surface area (Å²) < 4.78 is 56.6. The van der Waals surface area contributed by atoms with E-state index in [9.17, 15) is 27.2 Å². The van der Waals surface area contributed by atoms with Gasteiger partial charge < -0.3 is 4.90 Å². The van der Waals surface area contributed by atoms with Crippen LogP contribution in [0.5, 0.6) is 0 Å². The van der Waals surface area contributed by atoms with Crippen LogP contribution in [0, 0.1) is 5.92 Å². The van der Waals surface area contributed by atoms with E-state index >= 15 is 0 Å². The van der Waals surface area contributed by atoms with Gasteiger partial charge in [-0.3, -0.25) is 14.3 Å². The second-order valence-electron chi connectivity index (χ2n) is 7.61. The predicted octanol–water partition coefficient (Wildman–Crippen LogP) is 3.03. The maximum Gasteiger partial charge on any atom is 0.394 e. The number of hydrogen-bond donors (Lipinski definition) is 0. The highest BCUT2D eigenvalue weighted by Gasteiger charge is 2.53. The van der Waals surface area contributed by atoms with E-state index in [1.54, 1.807) is 0 Å². The molecule has 7 nitrogen and oxygen atoms in total. The fraction of sp³-hybridized carbons (Fsp3) is 0.556. The Hall–Kier alpha value is -2.14. The van der Waals surface area contributed by atoms with Crippen molar-refractivity contribution in [3.63, 3.8) is 0 Å². The fourth-order valence-corrected chi connectivity index (χ4v) is 4.51. The van der Waals surface area contributed by atoms with Crippen LogP contribution in [0.15, 0.2) is 17.1 Å². The van der Waals surface area contributed by atoms with Crippen molar-refractivity contribution in [2.24, 2.45) is 5.92 Å². The summed E-state index contributed by atoms with van der Waals surface area (Å²) in [7, 11) is 0. The third-order valence-electron chi connectivity index (χ3n) is 5.58. The summed E-state index contributed by atoms with van der Waals surface area (Å²) in [5.41, 5.74) is -0.634. The van der Waals surface area contributed by atoms with Gasteiger partial charge in [0.1, 0.15) is 18.0 Å². The zero-order valence-electron chi connectivity index (χ0n) is 15.9. The third-order valence-corrected chi connectivity index (χ3v) is 6.11. The lowest BCUT2D eigenvalue weighted by atomic mass is 9.89. The highest BCUT2D eigenvalue weighted by Crippen LogP contribution is 2.42. The number of alkyl halides is 4. The van der Waals surface area contributed by atoms with Gasteiger partial charge in [0.05, 0.1) is 34.7 Å². The van der Waals surface area contributed by atoms with E-state index in [0.29, 0.717) is 0 Å². The predicted molar refractivity (Wildman–Crippen MR) is 103 cm³/mol. The largest absolute Gasteiger partial charge is 0.394 e. The molecular formula is C18H17Cl2F4N5O2. The molecular weight excluding hydrogens is 465 g/mol. The number of rotatable bonds is 3. The quantitative estimate of drug-likeness (QED) is 0.631. The Bertz CT molecular complexity index is 1070. The molecule has 31 heavy (non-hydrogen) atoms. The van der Waals surface area contributed by atoms with Crippen molar-refractivity contribution in [2.75, 3.05) is 13.1 Å². The van der Waals surface area contributed by atoms with Crippen molar-refractivity contribution in [3.05, 3.63) is 44.3 Å². The van der Waals surface area contributed by atoms with Crippen molar-refractivity contribution in [2.45, 2.75) is 44.2 Å². The molecule has 2 aliphatic heterocycles. The number of nitrogens with zero attached hydrogens (tertiary/aromatic N) is 5. The van der Waals surface area contributed by atoms with E-state index in [4.69, 9.17) is 23.2 Å². The average Bonchev–Trinajstić information content (AvgIpc) is 3.26. The summed E-state index contributed by atoms with van der Waals surface area (Å²) in [6, 6.07) is -0.414. The highest BCUT2D eigenvalue weighted by molar-refractivity contribution is 6.34. The number of carbonyl (C=O) groups is 1. The van der Waals surface area contributed by atoms with Gasteiger partial charge in [-0.25, -0.2) is 13.9 Å². The molecule has 2 aliphatic rings. The Labute approximate surface area is 183 Å². The van der Waals surface area contributed by atoms with Crippen molar-refractivity contribution >= 4 is 29.1 Å². The number of amides is 1. The zero-order valence-corrected chi connectivity index (χ0v) is 17.5. The van der Waals surface area contributed by atoms with Gasteiger partial charge in [0.2, 0.25) is 5.91 Å². The minimum atomic E-state index is -4.71. The summed E-state index contributed by atoms with van der Waals surface area (Å²) in [5.74, 6) is -2.93. The van der Waals surface area contributed by atoms with Crippen LogP contribution in [-0.2, 0) is 17.8 Å². The minimum absolute atomic E-state index is 0.00357. The first-order valence-electron chi connectivity index (χ1n) is 9.54. The highest BCUT2D eigenvalue weighted by atomic mass is 35.5. The third kappa shape index (κ3) is 4.17. The number of carbonyl (C=O) groups excluding carboxylic acids is 1.